The van der Waals surface area contributed by atoms with Crippen LogP contribution in [0.1, 0.15) is 12.8 Å². The van der Waals surface area contributed by atoms with Gasteiger partial charge in [0.05, 0.1) is 11.6 Å². The first kappa shape index (κ1) is 12.1. The zero-order chi connectivity index (χ0) is 12.1. The number of hydrogen-bond acceptors (Lipinski definition) is 5. The molecule has 2 heterocycles. The van der Waals surface area contributed by atoms with E-state index in [2.05, 4.69) is 25.5 Å². The molecule has 2 N–H and O–H groups in total. The zero-order valence-electron chi connectivity index (χ0n) is 9.53. The van der Waals surface area contributed by atoms with Crippen molar-refractivity contribution >= 4 is 28.5 Å². The van der Waals surface area contributed by atoms with E-state index in [0.717, 1.165) is 31.4 Å². The summed E-state index contributed by atoms with van der Waals surface area (Å²) >= 11 is 5.81. The molecule has 0 atom stereocenters. The number of fused-ring (bicyclic) bond motifs is 1. The van der Waals surface area contributed by atoms with Crippen LogP contribution in [0.15, 0.2) is 6.20 Å². The summed E-state index contributed by atoms with van der Waals surface area (Å²) < 4.78 is 4.98. The molecule has 17 heavy (non-hydrogen) atoms. The molecule has 0 bridgehead atoms. The predicted octanol–water partition coefficient (Wildman–Crippen LogP) is 1.84. The summed E-state index contributed by atoms with van der Waals surface area (Å²) in [6, 6.07) is 0. The maximum absolute atomic E-state index is 5.81. The Morgan fingerprint density at radius 3 is 3.12 bits per heavy atom. The Bertz CT molecular complexity index is 487. The molecule has 0 aliphatic carbocycles. The third-order valence-electron chi connectivity index (χ3n) is 2.35. The van der Waals surface area contributed by atoms with Gasteiger partial charge in [-0.05, 0) is 24.4 Å². The maximum atomic E-state index is 5.81. The van der Waals surface area contributed by atoms with Gasteiger partial charge in [0.15, 0.2) is 5.65 Å². The van der Waals surface area contributed by atoms with E-state index >= 15 is 0 Å². The summed E-state index contributed by atoms with van der Waals surface area (Å²) in [6.07, 6.45) is 3.70. The lowest BCUT2D eigenvalue weighted by Crippen LogP contribution is -2.05. The van der Waals surface area contributed by atoms with Crippen LogP contribution in [0.4, 0.5) is 5.82 Å². The molecule has 7 heteroatoms. The number of anilines is 1. The molecule has 0 aliphatic rings. The van der Waals surface area contributed by atoms with Crippen LogP contribution in [0, 0.1) is 0 Å². The molecule has 6 nitrogen and oxygen atoms in total. The number of nitrogens with one attached hydrogen (secondary N) is 2. The van der Waals surface area contributed by atoms with Gasteiger partial charge >= 0.3 is 0 Å². The van der Waals surface area contributed by atoms with Gasteiger partial charge in [-0.2, -0.15) is 15.1 Å². The number of aromatic amines is 1. The van der Waals surface area contributed by atoms with E-state index in [1.807, 2.05) is 0 Å². The molecule has 0 fully saturated rings. The fraction of sp³-hybridized carbons (Fsp3) is 0.500. The summed E-state index contributed by atoms with van der Waals surface area (Å²) in [5.74, 6) is 0.714. The van der Waals surface area contributed by atoms with Crippen LogP contribution in [0.25, 0.3) is 11.0 Å². The summed E-state index contributed by atoms with van der Waals surface area (Å²) in [7, 11) is 1.70. The van der Waals surface area contributed by atoms with Gasteiger partial charge < -0.3 is 10.1 Å². The maximum Gasteiger partial charge on any atom is 0.226 e. The number of unbranched alkanes of at least 4 members (excludes halogenated alkanes) is 1. The molecule has 2 aromatic heterocycles. The van der Waals surface area contributed by atoms with Crippen LogP contribution < -0.4 is 5.32 Å². The fourth-order valence-corrected chi connectivity index (χ4v) is 1.69. The number of methoxy groups -OCH3 is 1. The van der Waals surface area contributed by atoms with Gasteiger partial charge in [-0.25, -0.2) is 0 Å². The molecule has 0 radical (unpaired) electrons. The zero-order valence-corrected chi connectivity index (χ0v) is 10.3. The van der Waals surface area contributed by atoms with Crippen LogP contribution in [0.3, 0.4) is 0 Å². The molecule has 2 aromatic rings. The second kappa shape index (κ2) is 5.79. The number of H-pyrrole nitrogens is 1. The first-order chi connectivity index (χ1) is 8.31. The van der Waals surface area contributed by atoms with Crippen molar-refractivity contribution in [3.63, 3.8) is 0 Å². The average Bonchev–Trinajstić information content (AvgIpc) is 2.76. The van der Waals surface area contributed by atoms with Gasteiger partial charge in [0, 0.05) is 20.3 Å². The van der Waals surface area contributed by atoms with Gasteiger partial charge in [0.1, 0.15) is 5.82 Å². The number of halogens is 1. The highest BCUT2D eigenvalue weighted by Crippen LogP contribution is 2.19. The van der Waals surface area contributed by atoms with Gasteiger partial charge in [-0.1, -0.05) is 0 Å². The van der Waals surface area contributed by atoms with Gasteiger partial charge in [-0.3, -0.25) is 5.10 Å². The third-order valence-corrected chi connectivity index (χ3v) is 2.52. The van der Waals surface area contributed by atoms with Crippen molar-refractivity contribution < 1.29 is 4.74 Å². The summed E-state index contributed by atoms with van der Waals surface area (Å²) in [5, 5.41) is 11.0. The molecule has 0 saturated heterocycles. The Kier molecular flexibility index (Phi) is 4.11. The highest BCUT2D eigenvalue weighted by atomic mass is 35.5. The average molecular weight is 256 g/mol. The highest BCUT2D eigenvalue weighted by molar-refractivity contribution is 6.28. The molecule has 0 saturated carbocycles. The standard InChI is InChI=1S/C10H14ClN5O/c1-17-5-3-2-4-12-8-7-6-13-16-9(7)15-10(11)14-8/h6H,2-5H2,1H3,(H2,12,13,14,15,16). The quantitative estimate of drug-likeness (QED) is 0.609. The molecule has 92 valence electrons. The molecule has 0 amide bonds. The van der Waals surface area contributed by atoms with Crippen LogP contribution >= 0.6 is 11.6 Å². The number of aromatic nitrogens is 4. The first-order valence-corrected chi connectivity index (χ1v) is 5.78. The van der Waals surface area contributed by atoms with Crippen molar-refractivity contribution in [2.45, 2.75) is 12.8 Å². The molecule has 0 aromatic carbocycles. The second-order valence-corrected chi connectivity index (χ2v) is 3.94. The number of hydrogen-bond donors (Lipinski definition) is 2. The summed E-state index contributed by atoms with van der Waals surface area (Å²) in [6.45, 7) is 1.59. The SMILES string of the molecule is COCCCCNc1nc(Cl)nc2[nH]ncc12. The predicted molar refractivity (Wildman–Crippen MR) is 66.3 cm³/mol. The van der Waals surface area contributed by atoms with Crippen LogP contribution in [-0.4, -0.2) is 40.4 Å². The topological polar surface area (TPSA) is 75.7 Å². The molecular weight excluding hydrogens is 242 g/mol. The first-order valence-electron chi connectivity index (χ1n) is 5.40. The Labute approximate surface area is 104 Å². The van der Waals surface area contributed by atoms with E-state index in [1.165, 1.54) is 0 Å². The Balaban J connectivity index is 2.00. The lowest BCUT2D eigenvalue weighted by molar-refractivity contribution is 0.194. The highest BCUT2D eigenvalue weighted by Gasteiger charge is 2.07. The Morgan fingerprint density at radius 2 is 2.29 bits per heavy atom. The largest absolute Gasteiger partial charge is 0.385 e. The smallest absolute Gasteiger partial charge is 0.226 e. The van der Waals surface area contributed by atoms with Crippen molar-refractivity contribution in [1.29, 1.82) is 0 Å². The number of ether oxygens (including phenoxy) is 1. The molecular formula is C10H14ClN5O. The van der Waals surface area contributed by atoms with E-state index in [1.54, 1.807) is 13.3 Å². The number of rotatable bonds is 6. The lowest BCUT2D eigenvalue weighted by atomic mass is 10.3. The minimum Gasteiger partial charge on any atom is -0.385 e. The van der Waals surface area contributed by atoms with E-state index < -0.39 is 0 Å². The third kappa shape index (κ3) is 3.04. The molecule has 2 rings (SSSR count). The monoisotopic (exact) mass is 255 g/mol. The molecule has 0 aliphatic heterocycles. The van der Waals surface area contributed by atoms with Crippen molar-refractivity contribution in [2.24, 2.45) is 0 Å². The number of nitrogens with zero attached hydrogens (tertiary/aromatic N) is 3. The van der Waals surface area contributed by atoms with E-state index in [-0.39, 0.29) is 5.28 Å². The minimum absolute atomic E-state index is 0.209. The summed E-state index contributed by atoms with van der Waals surface area (Å²) in [4.78, 5) is 8.17. The second-order valence-electron chi connectivity index (χ2n) is 3.60. The Morgan fingerprint density at radius 1 is 1.41 bits per heavy atom. The van der Waals surface area contributed by atoms with Crippen molar-refractivity contribution in [2.75, 3.05) is 25.6 Å². The normalized spacial score (nSPS) is 10.9. The molecule has 0 spiro atoms. The van der Waals surface area contributed by atoms with Gasteiger partial charge in [0.2, 0.25) is 5.28 Å². The van der Waals surface area contributed by atoms with Crippen molar-refractivity contribution in [1.82, 2.24) is 20.2 Å². The van der Waals surface area contributed by atoms with Gasteiger partial charge in [-0.15, -0.1) is 0 Å². The van der Waals surface area contributed by atoms with Crippen LogP contribution in [0.5, 0.6) is 0 Å². The molecule has 0 unspecified atom stereocenters. The van der Waals surface area contributed by atoms with Crippen LogP contribution in [-0.2, 0) is 4.74 Å². The van der Waals surface area contributed by atoms with E-state index in [9.17, 15) is 0 Å². The lowest BCUT2D eigenvalue weighted by Gasteiger charge is -2.06. The Hall–Kier alpha value is -1.40. The van der Waals surface area contributed by atoms with E-state index in [4.69, 9.17) is 16.3 Å². The van der Waals surface area contributed by atoms with E-state index in [0.29, 0.717) is 11.5 Å². The summed E-state index contributed by atoms with van der Waals surface area (Å²) in [5.41, 5.74) is 0.643. The van der Waals surface area contributed by atoms with Crippen molar-refractivity contribution in [3.8, 4) is 0 Å². The fourth-order valence-electron chi connectivity index (χ4n) is 1.52. The van der Waals surface area contributed by atoms with Crippen molar-refractivity contribution in [3.05, 3.63) is 11.5 Å². The minimum atomic E-state index is 0.209. The van der Waals surface area contributed by atoms with Gasteiger partial charge in [0.25, 0.3) is 0 Å². The van der Waals surface area contributed by atoms with Crippen LogP contribution in [0.2, 0.25) is 5.28 Å².